The van der Waals surface area contributed by atoms with E-state index in [0.29, 0.717) is 31.2 Å². The lowest BCUT2D eigenvalue weighted by Crippen LogP contribution is -2.25. The Bertz CT molecular complexity index is 758. The highest BCUT2D eigenvalue weighted by Crippen LogP contribution is 2.43. The van der Waals surface area contributed by atoms with Crippen LogP contribution < -0.4 is 0 Å². The molecule has 0 spiro atoms. The maximum Gasteiger partial charge on any atom is 0.338 e. The molecule has 1 aromatic rings. The number of carbonyl (C=O) groups excluding carboxylic acids is 2. The summed E-state index contributed by atoms with van der Waals surface area (Å²) in [6.07, 6.45) is 4.33. The van der Waals surface area contributed by atoms with Gasteiger partial charge in [0.05, 0.1) is 18.1 Å². The van der Waals surface area contributed by atoms with Gasteiger partial charge in [-0.05, 0) is 25.5 Å². The highest BCUT2D eigenvalue weighted by Gasteiger charge is 2.50. The van der Waals surface area contributed by atoms with Crippen molar-refractivity contribution >= 4 is 11.9 Å². The van der Waals surface area contributed by atoms with Gasteiger partial charge in [-0.15, -0.1) is 11.8 Å². The summed E-state index contributed by atoms with van der Waals surface area (Å²) in [5.74, 6) is 4.95. The topological polar surface area (TPSA) is 72.8 Å². The summed E-state index contributed by atoms with van der Waals surface area (Å²) >= 11 is 0. The zero-order valence-corrected chi connectivity index (χ0v) is 15.3. The molecule has 1 saturated heterocycles. The van der Waals surface area contributed by atoms with Crippen molar-refractivity contribution in [3.05, 3.63) is 48.0 Å². The van der Waals surface area contributed by atoms with Crippen LogP contribution in [0, 0.1) is 23.7 Å². The molecule has 1 N–H and O–H groups in total. The fourth-order valence-corrected chi connectivity index (χ4v) is 3.77. The Balaban J connectivity index is 1.69. The average Bonchev–Trinajstić information content (AvgIpc) is 3.16. The molecule has 1 heterocycles. The molecule has 5 nitrogen and oxygen atoms in total. The van der Waals surface area contributed by atoms with Crippen molar-refractivity contribution in [1.29, 1.82) is 0 Å². The van der Waals surface area contributed by atoms with Gasteiger partial charge in [0.2, 0.25) is 0 Å². The van der Waals surface area contributed by atoms with Crippen molar-refractivity contribution < 1.29 is 24.2 Å². The number of rotatable bonds is 6. The molecule has 0 unspecified atom stereocenters. The first kappa shape index (κ1) is 19.2. The first-order chi connectivity index (χ1) is 13.1. The number of hydrogen-bond acceptors (Lipinski definition) is 5. The fourth-order valence-electron chi connectivity index (χ4n) is 3.77. The average molecular weight is 368 g/mol. The fraction of sp³-hybridized carbons (Fsp3) is 0.455. The number of benzene rings is 1. The van der Waals surface area contributed by atoms with Crippen molar-refractivity contribution in [2.45, 2.75) is 50.9 Å². The van der Waals surface area contributed by atoms with E-state index in [1.54, 1.807) is 37.3 Å². The Morgan fingerprint density at radius 3 is 2.93 bits per heavy atom. The van der Waals surface area contributed by atoms with E-state index in [2.05, 4.69) is 11.8 Å². The molecule has 1 aliphatic heterocycles. The minimum absolute atomic E-state index is 0.0232. The van der Waals surface area contributed by atoms with Crippen LogP contribution in [0.4, 0.5) is 0 Å². The van der Waals surface area contributed by atoms with Crippen LogP contribution in [-0.2, 0) is 14.3 Å². The van der Waals surface area contributed by atoms with Crippen molar-refractivity contribution in [2.75, 3.05) is 0 Å². The largest absolute Gasteiger partial charge is 0.462 e. The van der Waals surface area contributed by atoms with Gasteiger partial charge in [-0.3, -0.25) is 4.79 Å². The van der Waals surface area contributed by atoms with Crippen LogP contribution in [0.3, 0.4) is 0 Å². The quantitative estimate of drug-likeness (QED) is 0.475. The zero-order chi connectivity index (χ0) is 19.2. The normalized spacial score (nSPS) is 27.6. The van der Waals surface area contributed by atoms with Crippen LogP contribution in [0.5, 0.6) is 0 Å². The van der Waals surface area contributed by atoms with E-state index in [1.807, 2.05) is 12.1 Å². The van der Waals surface area contributed by atoms with E-state index < -0.39 is 6.10 Å². The molecule has 2 aliphatic rings. The monoisotopic (exact) mass is 368 g/mol. The van der Waals surface area contributed by atoms with E-state index in [0.717, 1.165) is 0 Å². The molecule has 5 atom stereocenters. The van der Waals surface area contributed by atoms with E-state index in [-0.39, 0.29) is 36.0 Å². The summed E-state index contributed by atoms with van der Waals surface area (Å²) in [5, 5.41) is 10.1. The lowest BCUT2D eigenvalue weighted by molar-refractivity contribution is -0.141. The van der Waals surface area contributed by atoms with Crippen molar-refractivity contribution in [3.63, 3.8) is 0 Å². The number of aliphatic hydroxyl groups excluding tert-OH is 1. The molecule has 0 amide bonds. The third-order valence-electron chi connectivity index (χ3n) is 5.12. The van der Waals surface area contributed by atoms with Gasteiger partial charge >= 0.3 is 11.9 Å². The third-order valence-corrected chi connectivity index (χ3v) is 5.12. The van der Waals surface area contributed by atoms with Gasteiger partial charge in [0.15, 0.2) is 0 Å². The molecule has 0 aromatic heterocycles. The molecule has 27 heavy (non-hydrogen) atoms. The van der Waals surface area contributed by atoms with Gasteiger partial charge < -0.3 is 14.6 Å². The number of carbonyl (C=O) groups is 2. The molecule has 5 heteroatoms. The van der Waals surface area contributed by atoms with Gasteiger partial charge in [0.25, 0.3) is 0 Å². The summed E-state index contributed by atoms with van der Waals surface area (Å²) in [6.45, 7) is 1.77. The maximum atomic E-state index is 12.4. The number of aliphatic hydroxyl groups is 1. The molecular formula is C22H24O5. The van der Waals surface area contributed by atoms with Gasteiger partial charge in [0.1, 0.15) is 12.2 Å². The Hall–Kier alpha value is -2.58. The van der Waals surface area contributed by atoms with Crippen LogP contribution in [0.1, 0.15) is 43.0 Å². The highest BCUT2D eigenvalue weighted by atomic mass is 16.6. The molecular weight excluding hydrogens is 344 g/mol. The number of hydrogen-bond donors (Lipinski definition) is 1. The van der Waals surface area contributed by atoms with E-state index in [1.165, 1.54) is 0 Å². The molecule has 3 rings (SSSR count). The maximum absolute atomic E-state index is 12.4. The van der Waals surface area contributed by atoms with Crippen LogP contribution >= 0.6 is 0 Å². The Morgan fingerprint density at radius 1 is 1.41 bits per heavy atom. The number of fused-ring (bicyclic) bond motifs is 1. The molecule has 142 valence electrons. The van der Waals surface area contributed by atoms with Gasteiger partial charge in [-0.2, -0.15) is 0 Å². The second-order valence-electron chi connectivity index (χ2n) is 6.94. The molecule has 1 aromatic carbocycles. The second kappa shape index (κ2) is 8.88. The van der Waals surface area contributed by atoms with Crippen LogP contribution in [-0.4, -0.2) is 35.4 Å². The Morgan fingerprint density at radius 2 is 2.19 bits per heavy atom. The molecule has 2 fully saturated rings. The lowest BCUT2D eigenvalue weighted by atomic mass is 9.91. The highest BCUT2D eigenvalue weighted by molar-refractivity contribution is 5.89. The third kappa shape index (κ3) is 4.78. The lowest BCUT2D eigenvalue weighted by Gasteiger charge is -2.20. The summed E-state index contributed by atoms with van der Waals surface area (Å²) in [6, 6.07) is 8.83. The number of ether oxygens (including phenoxy) is 2. The van der Waals surface area contributed by atoms with E-state index in [9.17, 15) is 14.7 Å². The summed E-state index contributed by atoms with van der Waals surface area (Å²) in [4.78, 5) is 24.1. The SMILES string of the molecule is CC#CCC[C@H](O)C=C[C@@H]1[C@H]2CC(=O)O[C@H]2C[C@H]1OC(=O)c1ccccc1. The van der Waals surface area contributed by atoms with Crippen molar-refractivity contribution in [1.82, 2.24) is 0 Å². The van der Waals surface area contributed by atoms with Gasteiger partial charge in [-0.1, -0.05) is 30.4 Å². The molecule has 1 saturated carbocycles. The molecule has 0 bridgehead atoms. The minimum atomic E-state index is -0.617. The minimum Gasteiger partial charge on any atom is -0.462 e. The van der Waals surface area contributed by atoms with E-state index >= 15 is 0 Å². The molecule has 0 radical (unpaired) electrons. The van der Waals surface area contributed by atoms with Crippen LogP contribution in [0.25, 0.3) is 0 Å². The number of esters is 2. The van der Waals surface area contributed by atoms with Crippen molar-refractivity contribution in [3.8, 4) is 11.8 Å². The summed E-state index contributed by atoms with van der Waals surface area (Å²) < 4.78 is 11.1. The van der Waals surface area contributed by atoms with E-state index in [4.69, 9.17) is 9.47 Å². The summed E-state index contributed by atoms with van der Waals surface area (Å²) in [7, 11) is 0. The molecule has 1 aliphatic carbocycles. The standard InChI is InChI=1S/C22H24O5/c1-2-3-5-10-16(23)11-12-17-18-13-21(24)26-20(18)14-19(17)27-22(25)15-8-6-4-7-9-15/h4,6-9,11-12,16-20,23H,5,10,13-14H2,1H3/t16-,17+,18+,19+,20-/m0/s1. The predicted molar refractivity (Wildman–Crippen MR) is 99.6 cm³/mol. The Kier molecular flexibility index (Phi) is 6.31. The van der Waals surface area contributed by atoms with Crippen LogP contribution in [0.2, 0.25) is 0 Å². The van der Waals surface area contributed by atoms with Gasteiger partial charge in [-0.25, -0.2) is 4.79 Å². The Labute approximate surface area is 159 Å². The zero-order valence-electron chi connectivity index (χ0n) is 15.3. The smallest absolute Gasteiger partial charge is 0.338 e. The van der Waals surface area contributed by atoms with Crippen molar-refractivity contribution in [2.24, 2.45) is 11.8 Å². The second-order valence-corrected chi connectivity index (χ2v) is 6.94. The first-order valence-corrected chi connectivity index (χ1v) is 9.30. The van der Waals surface area contributed by atoms with Crippen LogP contribution in [0.15, 0.2) is 42.5 Å². The predicted octanol–water partition coefficient (Wildman–Crippen LogP) is 2.88. The summed E-state index contributed by atoms with van der Waals surface area (Å²) in [5.41, 5.74) is 0.493. The first-order valence-electron chi connectivity index (χ1n) is 9.30. The van der Waals surface area contributed by atoms with Gasteiger partial charge in [0, 0.05) is 24.7 Å².